The molecule has 0 aliphatic carbocycles. The highest BCUT2D eigenvalue weighted by atomic mass is 16.2. The summed E-state index contributed by atoms with van der Waals surface area (Å²) in [4.78, 5) is 52.7. The third-order valence-corrected chi connectivity index (χ3v) is 5.45. The lowest BCUT2D eigenvalue weighted by Crippen LogP contribution is -2.50. The van der Waals surface area contributed by atoms with E-state index < -0.39 is 0 Å². The van der Waals surface area contributed by atoms with Crippen molar-refractivity contribution < 1.29 is 19.2 Å². The fraction of sp³-hybridized carbons (Fsp3) is 0.524. The number of anilines is 1. The highest BCUT2D eigenvalue weighted by Gasteiger charge is 2.23. The Morgan fingerprint density at radius 2 is 1.59 bits per heavy atom. The third kappa shape index (κ3) is 5.56. The van der Waals surface area contributed by atoms with Crippen LogP contribution in [0.1, 0.15) is 38.2 Å². The van der Waals surface area contributed by atoms with Gasteiger partial charge in [0.05, 0.1) is 0 Å². The van der Waals surface area contributed by atoms with Gasteiger partial charge in [-0.1, -0.05) is 12.1 Å². The van der Waals surface area contributed by atoms with Crippen molar-refractivity contribution in [3.8, 4) is 0 Å². The quantitative estimate of drug-likeness (QED) is 0.768. The lowest BCUT2D eigenvalue weighted by Gasteiger charge is -2.34. The van der Waals surface area contributed by atoms with E-state index in [0.29, 0.717) is 39.1 Å². The van der Waals surface area contributed by atoms with Crippen LogP contribution in [0.25, 0.3) is 0 Å². The molecule has 2 heterocycles. The molecule has 2 saturated heterocycles. The molecule has 0 spiro atoms. The van der Waals surface area contributed by atoms with Crippen LogP contribution < -0.4 is 10.2 Å². The Kier molecular flexibility index (Phi) is 6.85. The van der Waals surface area contributed by atoms with E-state index in [1.54, 1.807) is 14.7 Å². The van der Waals surface area contributed by atoms with Gasteiger partial charge in [-0.2, -0.15) is 0 Å². The van der Waals surface area contributed by atoms with Gasteiger partial charge in [-0.25, -0.2) is 0 Å². The maximum Gasteiger partial charge on any atom is 0.227 e. The molecular weight excluding hydrogens is 372 g/mol. The number of nitrogens with one attached hydrogen (secondary N) is 1. The van der Waals surface area contributed by atoms with Crippen molar-refractivity contribution >= 4 is 29.3 Å². The smallest absolute Gasteiger partial charge is 0.227 e. The number of nitrogens with zero attached hydrogens (tertiary/aromatic N) is 3. The van der Waals surface area contributed by atoms with Gasteiger partial charge in [-0.3, -0.25) is 19.2 Å². The summed E-state index contributed by atoms with van der Waals surface area (Å²) in [5.41, 5.74) is 1.83. The molecule has 0 saturated carbocycles. The van der Waals surface area contributed by atoms with E-state index in [1.165, 1.54) is 6.92 Å². The van der Waals surface area contributed by atoms with E-state index in [-0.39, 0.29) is 36.5 Å². The second kappa shape index (κ2) is 9.54. The van der Waals surface area contributed by atoms with Crippen LogP contribution in [0.2, 0.25) is 0 Å². The highest BCUT2D eigenvalue weighted by Crippen LogP contribution is 2.21. The number of carbonyl (C=O) groups excluding carboxylic acids is 4. The molecule has 1 aromatic carbocycles. The van der Waals surface area contributed by atoms with E-state index in [9.17, 15) is 19.2 Å². The molecule has 2 fully saturated rings. The lowest BCUT2D eigenvalue weighted by atomic mass is 10.2. The Morgan fingerprint density at radius 3 is 2.17 bits per heavy atom. The predicted molar refractivity (Wildman–Crippen MR) is 108 cm³/mol. The molecule has 3 rings (SSSR count). The van der Waals surface area contributed by atoms with Gasteiger partial charge in [-0.05, 0) is 24.1 Å². The molecule has 2 aliphatic rings. The largest absolute Gasteiger partial charge is 0.352 e. The summed E-state index contributed by atoms with van der Waals surface area (Å²) in [6.07, 6.45) is 1.80. The van der Waals surface area contributed by atoms with Crippen LogP contribution in [-0.2, 0) is 25.7 Å². The first-order valence-corrected chi connectivity index (χ1v) is 10.1. The maximum atomic E-state index is 12.3. The zero-order valence-electron chi connectivity index (χ0n) is 16.9. The van der Waals surface area contributed by atoms with Gasteiger partial charge < -0.3 is 20.0 Å². The molecule has 0 atom stereocenters. The third-order valence-electron chi connectivity index (χ3n) is 5.45. The lowest BCUT2D eigenvalue weighted by molar-refractivity contribution is -0.139. The Balaban J connectivity index is 1.37. The van der Waals surface area contributed by atoms with E-state index in [4.69, 9.17) is 0 Å². The van der Waals surface area contributed by atoms with Crippen molar-refractivity contribution in [2.24, 2.45) is 0 Å². The van der Waals surface area contributed by atoms with Crippen LogP contribution in [-0.4, -0.2) is 66.2 Å². The van der Waals surface area contributed by atoms with Crippen LogP contribution in [0.5, 0.6) is 0 Å². The number of piperazine rings is 1. The molecule has 156 valence electrons. The maximum absolute atomic E-state index is 12.3. The number of amides is 4. The molecule has 1 N–H and O–H groups in total. The molecule has 0 aromatic heterocycles. The minimum Gasteiger partial charge on any atom is -0.352 e. The van der Waals surface area contributed by atoms with Crippen molar-refractivity contribution in [1.82, 2.24) is 15.1 Å². The Labute approximate surface area is 170 Å². The number of benzene rings is 1. The number of rotatable bonds is 6. The van der Waals surface area contributed by atoms with Crippen molar-refractivity contribution in [2.45, 2.75) is 39.2 Å². The zero-order valence-corrected chi connectivity index (χ0v) is 16.9. The average Bonchev–Trinajstić information content (AvgIpc) is 3.16. The van der Waals surface area contributed by atoms with E-state index >= 15 is 0 Å². The van der Waals surface area contributed by atoms with E-state index in [0.717, 1.165) is 24.2 Å². The van der Waals surface area contributed by atoms with Crippen molar-refractivity contribution in [1.29, 1.82) is 0 Å². The summed E-state index contributed by atoms with van der Waals surface area (Å²) in [6, 6.07) is 7.60. The summed E-state index contributed by atoms with van der Waals surface area (Å²) in [6.45, 7) is 4.81. The van der Waals surface area contributed by atoms with Crippen LogP contribution in [0.3, 0.4) is 0 Å². The molecule has 8 heteroatoms. The van der Waals surface area contributed by atoms with E-state index in [1.807, 2.05) is 24.3 Å². The molecule has 0 radical (unpaired) electrons. The van der Waals surface area contributed by atoms with Gasteiger partial charge in [0.2, 0.25) is 23.6 Å². The SMILES string of the molecule is CC(=O)N1CCN(C(=O)CCC(=O)NCc2ccc(N3CCCC3=O)cc2)CC1. The summed E-state index contributed by atoms with van der Waals surface area (Å²) in [5, 5.41) is 2.83. The molecule has 1 aromatic rings. The summed E-state index contributed by atoms with van der Waals surface area (Å²) in [7, 11) is 0. The fourth-order valence-electron chi connectivity index (χ4n) is 3.65. The first-order chi connectivity index (χ1) is 13.9. The summed E-state index contributed by atoms with van der Waals surface area (Å²) in [5.74, 6) is -0.0440. The fourth-order valence-corrected chi connectivity index (χ4v) is 3.65. The first-order valence-electron chi connectivity index (χ1n) is 10.1. The van der Waals surface area contributed by atoms with Gasteiger partial charge in [0.15, 0.2) is 0 Å². The normalized spacial score (nSPS) is 16.9. The van der Waals surface area contributed by atoms with Gasteiger partial charge in [-0.15, -0.1) is 0 Å². The number of carbonyl (C=O) groups is 4. The minimum atomic E-state index is -0.167. The topological polar surface area (TPSA) is 90.0 Å². The van der Waals surface area contributed by atoms with Gasteiger partial charge >= 0.3 is 0 Å². The Morgan fingerprint density at radius 1 is 0.931 bits per heavy atom. The number of hydrogen-bond acceptors (Lipinski definition) is 4. The van der Waals surface area contributed by atoms with Crippen LogP contribution in [0.15, 0.2) is 24.3 Å². The molecule has 0 bridgehead atoms. The first kappa shape index (κ1) is 20.8. The van der Waals surface area contributed by atoms with Gasteiger partial charge in [0.1, 0.15) is 0 Å². The molecule has 29 heavy (non-hydrogen) atoms. The zero-order chi connectivity index (χ0) is 20.8. The summed E-state index contributed by atoms with van der Waals surface area (Å²) < 4.78 is 0. The molecule has 4 amide bonds. The molecular formula is C21H28N4O4. The minimum absolute atomic E-state index is 0.0246. The Hall–Kier alpha value is -2.90. The van der Waals surface area contributed by atoms with Crippen LogP contribution >= 0.6 is 0 Å². The summed E-state index contributed by atoms with van der Waals surface area (Å²) >= 11 is 0. The van der Waals surface area contributed by atoms with E-state index in [2.05, 4.69) is 5.32 Å². The molecule has 8 nitrogen and oxygen atoms in total. The van der Waals surface area contributed by atoms with Crippen molar-refractivity contribution in [3.05, 3.63) is 29.8 Å². The highest BCUT2D eigenvalue weighted by molar-refractivity contribution is 5.95. The van der Waals surface area contributed by atoms with Gasteiger partial charge in [0.25, 0.3) is 0 Å². The van der Waals surface area contributed by atoms with Crippen LogP contribution in [0.4, 0.5) is 5.69 Å². The second-order valence-corrected chi connectivity index (χ2v) is 7.48. The molecule has 0 unspecified atom stereocenters. The Bertz CT molecular complexity index is 769. The van der Waals surface area contributed by atoms with Crippen molar-refractivity contribution in [2.75, 3.05) is 37.6 Å². The van der Waals surface area contributed by atoms with Crippen molar-refractivity contribution in [3.63, 3.8) is 0 Å². The van der Waals surface area contributed by atoms with Gasteiger partial charge in [0, 0.05) is 71.1 Å². The molecule has 2 aliphatic heterocycles. The second-order valence-electron chi connectivity index (χ2n) is 7.48. The van der Waals surface area contributed by atoms with Crippen LogP contribution in [0, 0.1) is 0 Å². The number of hydrogen-bond donors (Lipinski definition) is 1. The monoisotopic (exact) mass is 400 g/mol. The average molecular weight is 400 g/mol. The standard InChI is InChI=1S/C21H28N4O4/c1-16(26)23-11-13-24(14-12-23)20(28)9-8-19(27)22-15-17-4-6-18(7-5-17)25-10-2-3-21(25)29/h4-7H,2-3,8-15H2,1H3,(H,22,27). The predicted octanol–water partition coefficient (Wildman–Crippen LogP) is 0.901.